The van der Waals surface area contributed by atoms with E-state index in [0.29, 0.717) is 12.6 Å². The molecule has 1 aromatic carbocycles. The Labute approximate surface area is 119 Å². The van der Waals surface area contributed by atoms with Crippen molar-refractivity contribution in [2.45, 2.75) is 45.9 Å². The molecule has 1 aromatic heterocycles. The number of nitrogens with zero attached hydrogens (tertiary/aromatic N) is 1. The first-order valence-corrected chi connectivity index (χ1v) is 7.08. The highest BCUT2D eigenvalue weighted by atomic mass is 16.5. The summed E-state index contributed by atoms with van der Waals surface area (Å²) in [4.78, 5) is 0. The van der Waals surface area contributed by atoms with Crippen molar-refractivity contribution in [2.75, 3.05) is 0 Å². The first-order chi connectivity index (χ1) is 9.70. The summed E-state index contributed by atoms with van der Waals surface area (Å²) in [5, 5.41) is 7.45. The fourth-order valence-corrected chi connectivity index (χ4v) is 2.00. The molecular weight excluding hydrogens is 252 g/mol. The van der Waals surface area contributed by atoms with E-state index in [-0.39, 0.29) is 0 Å². The minimum Gasteiger partial charge on any atom is -0.486 e. The minimum absolute atomic E-state index is 0.416. The van der Waals surface area contributed by atoms with Crippen molar-refractivity contribution in [3.8, 4) is 5.75 Å². The highest BCUT2D eigenvalue weighted by Crippen LogP contribution is 2.20. The minimum atomic E-state index is 0.416. The van der Waals surface area contributed by atoms with Crippen LogP contribution in [0.15, 0.2) is 28.8 Å². The lowest BCUT2D eigenvalue weighted by Crippen LogP contribution is -2.15. The second-order valence-corrected chi connectivity index (χ2v) is 5.47. The first-order valence-electron chi connectivity index (χ1n) is 7.08. The molecule has 0 radical (unpaired) electrons. The maximum absolute atomic E-state index is 5.72. The summed E-state index contributed by atoms with van der Waals surface area (Å²) >= 11 is 0. The van der Waals surface area contributed by atoms with Crippen LogP contribution in [0.4, 0.5) is 0 Å². The maximum atomic E-state index is 5.72. The van der Waals surface area contributed by atoms with Gasteiger partial charge >= 0.3 is 0 Å². The Balaban J connectivity index is 1.53. The van der Waals surface area contributed by atoms with E-state index in [4.69, 9.17) is 9.26 Å². The SMILES string of the molecule is Cc1ccc(OCc2cc(CNC3CC3)no2)cc1C. The normalized spacial score (nSPS) is 14.5. The Hall–Kier alpha value is -1.81. The fraction of sp³-hybridized carbons (Fsp3) is 0.438. The lowest BCUT2D eigenvalue weighted by Gasteiger charge is -2.06. The molecule has 2 aromatic rings. The Bertz CT molecular complexity index is 588. The van der Waals surface area contributed by atoms with E-state index in [1.165, 1.54) is 24.0 Å². The molecule has 1 aliphatic carbocycles. The standard InChI is InChI=1S/C16H20N2O2/c1-11-3-6-15(7-12(11)2)19-10-16-8-14(18-20-16)9-17-13-4-5-13/h3,6-8,13,17H,4-5,9-10H2,1-2H3. The second kappa shape index (κ2) is 5.67. The third kappa shape index (κ3) is 3.39. The van der Waals surface area contributed by atoms with E-state index < -0.39 is 0 Å². The van der Waals surface area contributed by atoms with Crippen LogP contribution in [0.1, 0.15) is 35.4 Å². The molecule has 1 aliphatic rings. The summed E-state index contributed by atoms with van der Waals surface area (Å²) in [6.45, 7) is 5.36. The van der Waals surface area contributed by atoms with Crippen molar-refractivity contribution in [1.82, 2.24) is 10.5 Å². The molecule has 106 valence electrons. The van der Waals surface area contributed by atoms with Crippen molar-refractivity contribution in [2.24, 2.45) is 0 Å². The Morgan fingerprint density at radius 3 is 2.85 bits per heavy atom. The largest absolute Gasteiger partial charge is 0.486 e. The molecule has 4 heteroatoms. The average molecular weight is 272 g/mol. The zero-order valence-electron chi connectivity index (χ0n) is 12.0. The third-order valence-electron chi connectivity index (χ3n) is 3.62. The van der Waals surface area contributed by atoms with E-state index in [2.05, 4.69) is 30.4 Å². The molecule has 1 heterocycles. The third-order valence-corrected chi connectivity index (χ3v) is 3.62. The first kappa shape index (κ1) is 13.2. The van der Waals surface area contributed by atoms with Crippen LogP contribution in [0.5, 0.6) is 5.75 Å². The van der Waals surface area contributed by atoms with Gasteiger partial charge in [0, 0.05) is 18.7 Å². The smallest absolute Gasteiger partial charge is 0.174 e. The maximum Gasteiger partial charge on any atom is 0.174 e. The van der Waals surface area contributed by atoms with Crippen LogP contribution in [-0.2, 0) is 13.2 Å². The van der Waals surface area contributed by atoms with E-state index in [1.54, 1.807) is 0 Å². The number of rotatable bonds is 6. The van der Waals surface area contributed by atoms with Gasteiger partial charge in [0.15, 0.2) is 5.76 Å². The number of aryl methyl sites for hydroxylation is 2. The van der Waals surface area contributed by atoms with E-state index in [1.807, 2.05) is 18.2 Å². The van der Waals surface area contributed by atoms with Gasteiger partial charge in [0.1, 0.15) is 12.4 Å². The Morgan fingerprint density at radius 1 is 1.25 bits per heavy atom. The summed E-state index contributed by atoms with van der Waals surface area (Å²) < 4.78 is 11.0. The van der Waals surface area contributed by atoms with Crippen LogP contribution in [0.3, 0.4) is 0 Å². The second-order valence-electron chi connectivity index (χ2n) is 5.47. The highest BCUT2D eigenvalue weighted by Gasteiger charge is 2.20. The summed E-state index contributed by atoms with van der Waals surface area (Å²) in [6.07, 6.45) is 2.56. The van der Waals surface area contributed by atoms with Gasteiger partial charge in [0.05, 0.1) is 5.69 Å². The van der Waals surface area contributed by atoms with Gasteiger partial charge in [-0.1, -0.05) is 11.2 Å². The quantitative estimate of drug-likeness (QED) is 0.877. The summed E-state index contributed by atoms with van der Waals surface area (Å²) in [6, 6.07) is 8.73. The predicted octanol–water partition coefficient (Wildman–Crippen LogP) is 3.12. The highest BCUT2D eigenvalue weighted by molar-refractivity contribution is 5.33. The van der Waals surface area contributed by atoms with E-state index in [9.17, 15) is 0 Å². The molecule has 1 saturated carbocycles. The van der Waals surface area contributed by atoms with Gasteiger partial charge in [0.2, 0.25) is 0 Å². The fourth-order valence-electron chi connectivity index (χ4n) is 2.00. The molecule has 20 heavy (non-hydrogen) atoms. The van der Waals surface area contributed by atoms with Gasteiger partial charge in [-0.25, -0.2) is 0 Å². The lowest BCUT2D eigenvalue weighted by molar-refractivity contribution is 0.248. The molecule has 1 N–H and O–H groups in total. The van der Waals surface area contributed by atoms with Gasteiger partial charge < -0.3 is 14.6 Å². The van der Waals surface area contributed by atoms with Gasteiger partial charge in [-0.3, -0.25) is 0 Å². The number of benzene rings is 1. The molecule has 3 rings (SSSR count). The van der Waals surface area contributed by atoms with Crippen LogP contribution < -0.4 is 10.1 Å². The molecule has 0 unspecified atom stereocenters. The number of aromatic nitrogens is 1. The number of hydrogen-bond donors (Lipinski definition) is 1. The number of hydrogen-bond acceptors (Lipinski definition) is 4. The molecular formula is C16H20N2O2. The lowest BCUT2D eigenvalue weighted by atomic mass is 10.1. The van der Waals surface area contributed by atoms with Crippen molar-refractivity contribution >= 4 is 0 Å². The van der Waals surface area contributed by atoms with E-state index in [0.717, 1.165) is 23.7 Å². The molecule has 0 spiro atoms. The van der Waals surface area contributed by atoms with Crippen LogP contribution in [0.25, 0.3) is 0 Å². The molecule has 0 bridgehead atoms. The average Bonchev–Trinajstić information content (AvgIpc) is 3.16. The summed E-state index contributed by atoms with van der Waals surface area (Å²) in [7, 11) is 0. The van der Waals surface area contributed by atoms with Crippen molar-refractivity contribution in [1.29, 1.82) is 0 Å². The molecule has 0 saturated heterocycles. The number of ether oxygens (including phenoxy) is 1. The van der Waals surface area contributed by atoms with E-state index >= 15 is 0 Å². The molecule has 4 nitrogen and oxygen atoms in total. The van der Waals surface area contributed by atoms with Crippen molar-refractivity contribution in [3.05, 3.63) is 46.8 Å². The topological polar surface area (TPSA) is 47.3 Å². The Kier molecular flexibility index (Phi) is 3.74. The monoisotopic (exact) mass is 272 g/mol. The summed E-state index contributed by atoms with van der Waals surface area (Å²) in [5.41, 5.74) is 3.44. The van der Waals surface area contributed by atoms with Crippen LogP contribution in [-0.4, -0.2) is 11.2 Å². The number of nitrogens with one attached hydrogen (secondary N) is 1. The molecule has 0 aliphatic heterocycles. The Morgan fingerprint density at radius 2 is 2.10 bits per heavy atom. The predicted molar refractivity (Wildman–Crippen MR) is 76.6 cm³/mol. The molecule has 1 fully saturated rings. The van der Waals surface area contributed by atoms with Crippen LogP contribution in [0, 0.1) is 13.8 Å². The molecule has 0 amide bonds. The van der Waals surface area contributed by atoms with Gasteiger partial charge in [-0.15, -0.1) is 0 Å². The van der Waals surface area contributed by atoms with Gasteiger partial charge in [0.25, 0.3) is 0 Å². The zero-order valence-corrected chi connectivity index (χ0v) is 12.0. The van der Waals surface area contributed by atoms with Gasteiger partial charge in [-0.05, 0) is 49.9 Å². The van der Waals surface area contributed by atoms with Crippen molar-refractivity contribution in [3.63, 3.8) is 0 Å². The van der Waals surface area contributed by atoms with Gasteiger partial charge in [-0.2, -0.15) is 0 Å². The zero-order chi connectivity index (χ0) is 13.9. The molecule has 0 atom stereocenters. The van der Waals surface area contributed by atoms with Crippen molar-refractivity contribution < 1.29 is 9.26 Å². The van der Waals surface area contributed by atoms with Crippen LogP contribution in [0.2, 0.25) is 0 Å². The summed E-state index contributed by atoms with van der Waals surface area (Å²) in [5.74, 6) is 1.62. The van der Waals surface area contributed by atoms with Crippen LogP contribution >= 0.6 is 0 Å².